The molecule has 1 heterocycles. The molecular weight excluding hydrogens is 356 g/mol. The summed E-state index contributed by atoms with van der Waals surface area (Å²) in [6.45, 7) is 0.686. The Kier molecular flexibility index (Phi) is 3.26. The minimum atomic E-state index is -0.317. The number of fused-ring (bicyclic) bond motifs is 1. The number of rotatable bonds is 1. The van der Waals surface area contributed by atoms with Crippen LogP contribution in [0.3, 0.4) is 0 Å². The Hall–Kier alpha value is -1.43. The maximum absolute atomic E-state index is 13.1. The third-order valence-corrected chi connectivity index (χ3v) is 4.19. The van der Waals surface area contributed by atoms with E-state index in [0.717, 1.165) is 12.1 Å². The molecule has 0 unspecified atom stereocenters. The van der Waals surface area contributed by atoms with Crippen LogP contribution in [0.15, 0.2) is 42.5 Å². The Morgan fingerprint density at radius 3 is 2.79 bits per heavy atom. The summed E-state index contributed by atoms with van der Waals surface area (Å²) in [6, 6.07) is 12.2. The molecule has 0 fully saturated rings. The Bertz CT molecular complexity index is 656. The Morgan fingerprint density at radius 1 is 1.21 bits per heavy atom. The molecule has 2 aromatic rings. The molecular formula is C15H11FINO. The maximum atomic E-state index is 13.1. The summed E-state index contributed by atoms with van der Waals surface area (Å²) in [5.41, 5.74) is 2.71. The van der Waals surface area contributed by atoms with E-state index < -0.39 is 0 Å². The third-order valence-electron chi connectivity index (χ3n) is 3.29. The van der Waals surface area contributed by atoms with Gasteiger partial charge in [-0.25, -0.2) is 4.39 Å². The first-order chi connectivity index (χ1) is 9.16. The van der Waals surface area contributed by atoms with Crippen molar-refractivity contribution in [3.8, 4) is 0 Å². The van der Waals surface area contributed by atoms with Crippen molar-refractivity contribution in [1.82, 2.24) is 0 Å². The van der Waals surface area contributed by atoms with Gasteiger partial charge in [-0.05, 0) is 58.8 Å². The van der Waals surface area contributed by atoms with E-state index in [1.807, 2.05) is 46.9 Å². The molecule has 0 saturated heterocycles. The highest BCUT2D eigenvalue weighted by Crippen LogP contribution is 2.29. The van der Waals surface area contributed by atoms with Crippen molar-refractivity contribution in [2.45, 2.75) is 6.42 Å². The topological polar surface area (TPSA) is 20.3 Å². The summed E-state index contributed by atoms with van der Waals surface area (Å²) in [5, 5.41) is 0. The van der Waals surface area contributed by atoms with Crippen molar-refractivity contribution in [2.75, 3.05) is 11.4 Å². The van der Waals surface area contributed by atoms with Gasteiger partial charge in [0, 0.05) is 15.8 Å². The minimum Gasteiger partial charge on any atom is -0.308 e. The number of nitrogens with zero attached hydrogens (tertiary/aromatic N) is 1. The maximum Gasteiger partial charge on any atom is 0.259 e. The molecule has 2 aromatic carbocycles. The van der Waals surface area contributed by atoms with Gasteiger partial charge in [0.1, 0.15) is 5.82 Å². The van der Waals surface area contributed by atoms with Crippen LogP contribution in [0.5, 0.6) is 0 Å². The summed E-state index contributed by atoms with van der Waals surface area (Å²) in [5.74, 6) is -0.378. The van der Waals surface area contributed by atoms with Gasteiger partial charge >= 0.3 is 0 Å². The minimum absolute atomic E-state index is 0.0608. The number of para-hydroxylation sites is 1. The molecule has 1 aliphatic heterocycles. The number of amides is 1. The summed E-state index contributed by atoms with van der Waals surface area (Å²) in [6.07, 6.45) is 0.875. The summed E-state index contributed by atoms with van der Waals surface area (Å²) < 4.78 is 13.7. The lowest BCUT2D eigenvalue weighted by Gasteiger charge is -2.18. The molecule has 0 saturated carbocycles. The first-order valence-electron chi connectivity index (χ1n) is 6.01. The quantitative estimate of drug-likeness (QED) is 0.705. The molecule has 0 aromatic heterocycles. The van der Waals surface area contributed by atoms with Gasteiger partial charge in [-0.3, -0.25) is 4.79 Å². The highest BCUT2D eigenvalue weighted by Gasteiger charge is 2.26. The van der Waals surface area contributed by atoms with Crippen LogP contribution in [0.4, 0.5) is 10.1 Å². The molecule has 1 aliphatic rings. The van der Waals surface area contributed by atoms with Crippen molar-refractivity contribution in [2.24, 2.45) is 0 Å². The van der Waals surface area contributed by atoms with Gasteiger partial charge < -0.3 is 4.90 Å². The average Bonchev–Trinajstić information content (AvgIpc) is 2.82. The lowest BCUT2D eigenvalue weighted by molar-refractivity contribution is 0.0988. The number of carbonyl (C=O) groups is 1. The highest BCUT2D eigenvalue weighted by atomic mass is 127. The predicted molar refractivity (Wildman–Crippen MR) is 80.9 cm³/mol. The van der Waals surface area contributed by atoms with E-state index in [2.05, 4.69) is 0 Å². The van der Waals surface area contributed by atoms with E-state index in [1.54, 1.807) is 11.0 Å². The molecule has 0 N–H and O–H groups in total. The second kappa shape index (κ2) is 4.92. The Morgan fingerprint density at radius 2 is 2.00 bits per heavy atom. The van der Waals surface area contributed by atoms with Crippen LogP contribution in [0.1, 0.15) is 15.9 Å². The zero-order valence-electron chi connectivity index (χ0n) is 10.1. The predicted octanol–water partition coefficient (Wildman–Crippen LogP) is 3.63. The van der Waals surface area contributed by atoms with E-state index in [1.165, 1.54) is 17.7 Å². The van der Waals surface area contributed by atoms with Crippen LogP contribution in [-0.2, 0) is 6.42 Å². The van der Waals surface area contributed by atoms with E-state index in [4.69, 9.17) is 0 Å². The molecule has 2 nitrogen and oxygen atoms in total. The van der Waals surface area contributed by atoms with Crippen molar-refractivity contribution >= 4 is 34.2 Å². The number of halogens is 2. The largest absolute Gasteiger partial charge is 0.308 e. The van der Waals surface area contributed by atoms with Crippen LogP contribution in [0.2, 0.25) is 0 Å². The van der Waals surface area contributed by atoms with Gasteiger partial charge in [-0.1, -0.05) is 18.2 Å². The average molecular weight is 367 g/mol. The van der Waals surface area contributed by atoms with Crippen LogP contribution in [0, 0.1) is 9.39 Å². The fourth-order valence-electron chi connectivity index (χ4n) is 2.36. The van der Waals surface area contributed by atoms with Crippen LogP contribution in [0.25, 0.3) is 0 Å². The molecule has 0 aliphatic carbocycles. The highest BCUT2D eigenvalue weighted by molar-refractivity contribution is 14.1. The SMILES string of the molecule is O=C(c1ccc(F)cc1I)N1CCc2ccccc21. The van der Waals surface area contributed by atoms with Gasteiger partial charge in [0.15, 0.2) is 0 Å². The van der Waals surface area contributed by atoms with E-state index in [-0.39, 0.29) is 11.7 Å². The zero-order chi connectivity index (χ0) is 13.4. The van der Waals surface area contributed by atoms with Crippen molar-refractivity contribution in [3.63, 3.8) is 0 Å². The Balaban J connectivity index is 1.98. The number of hydrogen-bond donors (Lipinski definition) is 0. The van der Waals surface area contributed by atoms with Gasteiger partial charge in [0.2, 0.25) is 0 Å². The van der Waals surface area contributed by atoms with E-state index in [9.17, 15) is 9.18 Å². The first-order valence-corrected chi connectivity index (χ1v) is 7.09. The number of hydrogen-bond acceptors (Lipinski definition) is 1. The molecule has 0 spiro atoms. The second-order valence-electron chi connectivity index (χ2n) is 4.46. The number of benzene rings is 2. The van der Waals surface area contributed by atoms with Gasteiger partial charge in [-0.2, -0.15) is 0 Å². The summed E-state index contributed by atoms with van der Waals surface area (Å²) >= 11 is 2.00. The number of carbonyl (C=O) groups excluding carboxylic acids is 1. The smallest absolute Gasteiger partial charge is 0.259 e. The zero-order valence-corrected chi connectivity index (χ0v) is 12.2. The van der Waals surface area contributed by atoms with Crippen LogP contribution < -0.4 is 4.90 Å². The molecule has 1 amide bonds. The Labute approximate surface area is 124 Å². The second-order valence-corrected chi connectivity index (χ2v) is 5.62. The van der Waals surface area contributed by atoms with E-state index >= 15 is 0 Å². The van der Waals surface area contributed by atoms with Crippen molar-refractivity contribution in [3.05, 3.63) is 63.0 Å². The first kappa shape index (κ1) is 12.6. The molecule has 3 rings (SSSR count). The van der Waals surface area contributed by atoms with Gasteiger partial charge in [0.05, 0.1) is 5.56 Å². The standard InChI is InChI=1S/C15H11FINO/c16-11-5-6-12(13(17)9-11)15(19)18-8-7-10-3-1-2-4-14(10)18/h1-6,9H,7-8H2. The molecule has 96 valence electrons. The summed E-state index contributed by atoms with van der Waals surface area (Å²) in [7, 11) is 0. The van der Waals surface area contributed by atoms with Gasteiger partial charge in [0.25, 0.3) is 5.91 Å². The lowest BCUT2D eigenvalue weighted by Crippen LogP contribution is -2.29. The van der Waals surface area contributed by atoms with Crippen LogP contribution in [-0.4, -0.2) is 12.5 Å². The lowest BCUT2D eigenvalue weighted by atomic mass is 10.1. The van der Waals surface area contributed by atoms with Crippen LogP contribution >= 0.6 is 22.6 Å². The molecule has 0 radical (unpaired) electrons. The normalized spacial score (nSPS) is 13.5. The fraction of sp³-hybridized carbons (Fsp3) is 0.133. The summed E-state index contributed by atoms with van der Waals surface area (Å²) in [4.78, 5) is 14.3. The molecule has 0 bridgehead atoms. The molecule has 0 atom stereocenters. The fourth-order valence-corrected chi connectivity index (χ4v) is 3.07. The molecule has 4 heteroatoms. The van der Waals surface area contributed by atoms with E-state index in [0.29, 0.717) is 15.7 Å². The monoisotopic (exact) mass is 367 g/mol. The third kappa shape index (κ3) is 2.25. The van der Waals surface area contributed by atoms with Crippen molar-refractivity contribution < 1.29 is 9.18 Å². The van der Waals surface area contributed by atoms with Gasteiger partial charge in [-0.15, -0.1) is 0 Å². The van der Waals surface area contributed by atoms with Crippen molar-refractivity contribution in [1.29, 1.82) is 0 Å². The molecule has 19 heavy (non-hydrogen) atoms. The number of anilines is 1.